The Labute approximate surface area is 146 Å². The third kappa shape index (κ3) is 3.26. The molecular weight excluding hydrogens is 322 g/mol. The van der Waals surface area contributed by atoms with E-state index in [1.807, 2.05) is 6.92 Å². The molecule has 1 aromatic rings. The van der Waals surface area contributed by atoms with Crippen molar-refractivity contribution >= 4 is 23.6 Å². The number of hydrogen-bond donors (Lipinski definition) is 0. The smallest absolute Gasteiger partial charge is 0.262 e. The van der Waals surface area contributed by atoms with E-state index in [4.69, 9.17) is 0 Å². The fourth-order valence-corrected chi connectivity index (χ4v) is 3.20. The van der Waals surface area contributed by atoms with Crippen LogP contribution >= 0.6 is 0 Å². The van der Waals surface area contributed by atoms with Crippen LogP contribution in [0.1, 0.15) is 40.5 Å². The van der Waals surface area contributed by atoms with E-state index in [-0.39, 0.29) is 18.4 Å². The van der Waals surface area contributed by atoms with Gasteiger partial charge in [0.15, 0.2) is 0 Å². The van der Waals surface area contributed by atoms with E-state index in [0.29, 0.717) is 43.7 Å². The average Bonchev–Trinajstić information content (AvgIpc) is 2.87. The third-order valence-corrected chi connectivity index (χ3v) is 4.62. The van der Waals surface area contributed by atoms with E-state index < -0.39 is 11.8 Å². The number of piperazine rings is 1. The van der Waals surface area contributed by atoms with Crippen molar-refractivity contribution in [1.29, 1.82) is 0 Å². The van der Waals surface area contributed by atoms with E-state index in [9.17, 15) is 19.2 Å². The van der Waals surface area contributed by atoms with E-state index in [1.165, 1.54) is 0 Å². The molecule has 4 amide bonds. The first-order chi connectivity index (χ1) is 12.0. The highest BCUT2D eigenvalue weighted by molar-refractivity contribution is 6.22. The van der Waals surface area contributed by atoms with Gasteiger partial charge in [0, 0.05) is 32.6 Å². The van der Waals surface area contributed by atoms with Crippen molar-refractivity contribution in [3.05, 3.63) is 35.4 Å². The summed E-state index contributed by atoms with van der Waals surface area (Å²) in [4.78, 5) is 53.4. The second-order valence-corrected chi connectivity index (χ2v) is 6.25. The van der Waals surface area contributed by atoms with Crippen LogP contribution < -0.4 is 0 Å². The average molecular weight is 343 g/mol. The Kier molecular flexibility index (Phi) is 4.83. The zero-order valence-electron chi connectivity index (χ0n) is 14.2. The first kappa shape index (κ1) is 17.1. The van der Waals surface area contributed by atoms with Crippen molar-refractivity contribution in [2.45, 2.75) is 19.8 Å². The molecule has 132 valence electrons. The topological polar surface area (TPSA) is 78.0 Å². The Morgan fingerprint density at radius 1 is 0.880 bits per heavy atom. The Bertz CT molecular complexity index is 688. The van der Waals surface area contributed by atoms with Gasteiger partial charge in [-0.25, -0.2) is 0 Å². The molecule has 0 atom stereocenters. The molecule has 3 rings (SSSR count). The Hall–Kier alpha value is -2.70. The number of carbonyl (C=O) groups excluding carboxylic acids is 4. The monoisotopic (exact) mass is 343 g/mol. The first-order valence-electron chi connectivity index (χ1n) is 8.53. The van der Waals surface area contributed by atoms with Gasteiger partial charge in [-0.15, -0.1) is 0 Å². The molecule has 0 bridgehead atoms. The maximum atomic E-state index is 12.5. The predicted molar refractivity (Wildman–Crippen MR) is 89.9 cm³/mol. The van der Waals surface area contributed by atoms with Crippen molar-refractivity contribution in [3.8, 4) is 0 Å². The molecule has 0 radical (unpaired) electrons. The van der Waals surface area contributed by atoms with Crippen molar-refractivity contribution in [2.75, 3.05) is 32.7 Å². The van der Waals surface area contributed by atoms with Crippen LogP contribution in [-0.2, 0) is 9.59 Å². The van der Waals surface area contributed by atoms with Gasteiger partial charge in [0.25, 0.3) is 11.8 Å². The van der Waals surface area contributed by atoms with Gasteiger partial charge in [-0.2, -0.15) is 0 Å². The fraction of sp³-hybridized carbons (Fsp3) is 0.444. The van der Waals surface area contributed by atoms with Gasteiger partial charge >= 0.3 is 0 Å². The SMILES string of the molecule is CCCC(=O)N1CCN(C(=O)CN2C(=O)c3ccccc3C2=O)CC1. The summed E-state index contributed by atoms with van der Waals surface area (Å²) in [7, 11) is 0. The lowest BCUT2D eigenvalue weighted by Gasteiger charge is -2.35. The number of benzene rings is 1. The molecule has 2 heterocycles. The minimum absolute atomic E-state index is 0.106. The quantitative estimate of drug-likeness (QED) is 0.756. The van der Waals surface area contributed by atoms with Crippen LogP contribution in [0.5, 0.6) is 0 Å². The van der Waals surface area contributed by atoms with E-state index >= 15 is 0 Å². The van der Waals surface area contributed by atoms with Crippen molar-refractivity contribution < 1.29 is 19.2 Å². The lowest BCUT2D eigenvalue weighted by molar-refractivity contribution is -0.139. The third-order valence-electron chi connectivity index (χ3n) is 4.62. The summed E-state index contributed by atoms with van der Waals surface area (Å²) < 4.78 is 0. The normalized spacial score (nSPS) is 17.1. The first-order valence-corrected chi connectivity index (χ1v) is 8.53. The largest absolute Gasteiger partial charge is 0.339 e. The summed E-state index contributed by atoms with van der Waals surface area (Å²) in [6, 6.07) is 6.58. The highest BCUT2D eigenvalue weighted by atomic mass is 16.2. The lowest BCUT2D eigenvalue weighted by atomic mass is 10.1. The Balaban J connectivity index is 1.58. The Morgan fingerprint density at radius 3 is 1.84 bits per heavy atom. The van der Waals surface area contributed by atoms with Gasteiger partial charge in [0.1, 0.15) is 6.54 Å². The molecule has 2 aliphatic rings. The number of imide groups is 1. The molecule has 25 heavy (non-hydrogen) atoms. The molecule has 7 nitrogen and oxygen atoms in total. The Morgan fingerprint density at radius 2 is 1.36 bits per heavy atom. The van der Waals surface area contributed by atoms with Crippen molar-refractivity contribution in [3.63, 3.8) is 0 Å². The van der Waals surface area contributed by atoms with Crippen LogP contribution in [0.2, 0.25) is 0 Å². The van der Waals surface area contributed by atoms with E-state index in [2.05, 4.69) is 0 Å². The van der Waals surface area contributed by atoms with Gasteiger partial charge < -0.3 is 9.80 Å². The number of amides is 4. The lowest BCUT2D eigenvalue weighted by Crippen LogP contribution is -2.53. The summed E-state index contributed by atoms with van der Waals surface area (Å²) >= 11 is 0. The molecule has 7 heteroatoms. The summed E-state index contributed by atoms with van der Waals surface area (Å²) in [5, 5.41) is 0. The van der Waals surface area contributed by atoms with E-state index in [1.54, 1.807) is 34.1 Å². The number of rotatable bonds is 4. The molecule has 0 aromatic heterocycles. The molecule has 0 spiro atoms. The minimum atomic E-state index is -0.425. The standard InChI is InChI=1S/C18H21N3O4/c1-2-5-15(22)19-8-10-20(11-9-19)16(23)12-21-17(24)13-6-3-4-7-14(13)18(21)25/h3-4,6-7H,2,5,8-12H2,1H3. The van der Waals surface area contributed by atoms with Gasteiger partial charge in [0.2, 0.25) is 11.8 Å². The molecule has 2 aliphatic heterocycles. The van der Waals surface area contributed by atoms with Crippen LogP contribution in [-0.4, -0.2) is 71.1 Å². The maximum absolute atomic E-state index is 12.5. The van der Waals surface area contributed by atoms with Crippen molar-refractivity contribution in [1.82, 2.24) is 14.7 Å². The molecule has 1 aromatic carbocycles. The van der Waals surface area contributed by atoms with Gasteiger partial charge in [-0.1, -0.05) is 19.1 Å². The number of hydrogen-bond acceptors (Lipinski definition) is 4. The van der Waals surface area contributed by atoms with Gasteiger partial charge in [-0.3, -0.25) is 24.1 Å². The second-order valence-electron chi connectivity index (χ2n) is 6.25. The summed E-state index contributed by atoms with van der Waals surface area (Å²) in [6.07, 6.45) is 1.32. The molecular formula is C18H21N3O4. The second kappa shape index (κ2) is 7.04. The highest BCUT2D eigenvalue weighted by Crippen LogP contribution is 2.22. The van der Waals surface area contributed by atoms with Gasteiger partial charge in [0.05, 0.1) is 11.1 Å². The predicted octanol–water partition coefficient (Wildman–Crippen LogP) is 0.753. The maximum Gasteiger partial charge on any atom is 0.262 e. The zero-order valence-corrected chi connectivity index (χ0v) is 14.2. The highest BCUT2D eigenvalue weighted by Gasteiger charge is 2.37. The molecule has 0 aliphatic carbocycles. The summed E-state index contributed by atoms with van der Waals surface area (Å²) in [5.74, 6) is -1.01. The van der Waals surface area contributed by atoms with Crippen LogP contribution in [0.3, 0.4) is 0 Å². The van der Waals surface area contributed by atoms with Crippen LogP contribution in [0.15, 0.2) is 24.3 Å². The van der Waals surface area contributed by atoms with Crippen LogP contribution in [0.4, 0.5) is 0 Å². The minimum Gasteiger partial charge on any atom is -0.339 e. The number of nitrogens with zero attached hydrogens (tertiary/aromatic N) is 3. The fourth-order valence-electron chi connectivity index (χ4n) is 3.20. The molecule has 0 unspecified atom stereocenters. The molecule has 0 N–H and O–H groups in total. The molecule has 1 saturated heterocycles. The zero-order chi connectivity index (χ0) is 18.0. The van der Waals surface area contributed by atoms with Crippen molar-refractivity contribution in [2.24, 2.45) is 0 Å². The van der Waals surface area contributed by atoms with E-state index in [0.717, 1.165) is 11.3 Å². The molecule has 0 saturated carbocycles. The number of carbonyl (C=O) groups is 4. The van der Waals surface area contributed by atoms with Gasteiger partial charge in [-0.05, 0) is 18.6 Å². The summed E-state index contributed by atoms with van der Waals surface area (Å²) in [6.45, 7) is 3.54. The van der Waals surface area contributed by atoms with Crippen LogP contribution in [0.25, 0.3) is 0 Å². The number of fused-ring (bicyclic) bond motifs is 1. The molecule has 1 fully saturated rings. The van der Waals surface area contributed by atoms with Crippen LogP contribution in [0, 0.1) is 0 Å². The summed E-state index contributed by atoms with van der Waals surface area (Å²) in [5.41, 5.74) is 0.686.